The molecule has 0 radical (unpaired) electrons. The molecule has 1 atom stereocenters. The molecule has 0 fully saturated rings. The van der Waals surface area contributed by atoms with Crippen molar-refractivity contribution in [1.82, 2.24) is 0 Å². The standard InChI is InChI=1S/C7H5NO6S/c9-7(14-15(12)13)5-1-3-6(4-2-5)8(10)11/h1-4H,(H,12,13)/p-1. The molecule has 7 nitrogen and oxygen atoms in total. The van der Waals surface area contributed by atoms with Crippen LogP contribution in [-0.2, 0) is 15.5 Å². The molecule has 15 heavy (non-hydrogen) atoms. The zero-order valence-corrected chi connectivity index (χ0v) is 7.93. The first-order valence-electron chi connectivity index (χ1n) is 3.57. The largest absolute Gasteiger partial charge is 0.740 e. The molecule has 1 rings (SSSR count). The molecule has 1 unspecified atom stereocenters. The van der Waals surface area contributed by atoms with Crippen LogP contribution >= 0.6 is 0 Å². The van der Waals surface area contributed by atoms with Gasteiger partial charge in [-0.2, -0.15) is 0 Å². The molecule has 0 aromatic heterocycles. The lowest BCUT2D eigenvalue weighted by Gasteiger charge is -2.04. The minimum Gasteiger partial charge on any atom is -0.740 e. The highest BCUT2D eigenvalue weighted by Crippen LogP contribution is 2.12. The molecule has 0 aliphatic carbocycles. The molecule has 0 amide bonds. The first kappa shape index (κ1) is 11.3. The van der Waals surface area contributed by atoms with Crippen LogP contribution in [0.5, 0.6) is 0 Å². The fraction of sp³-hybridized carbons (Fsp3) is 0. The topological polar surface area (TPSA) is 110 Å². The first-order chi connectivity index (χ1) is 7.00. The van der Waals surface area contributed by atoms with E-state index in [9.17, 15) is 23.7 Å². The summed E-state index contributed by atoms with van der Waals surface area (Å²) in [6.45, 7) is 0. The van der Waals surface area contributed by atoms with Gasteiger partial charge < -0.3 is 8.74 Å². The van der Waals surface area contributed by atoms with Gasteiger partial charge >= 0.3 is 5.97 Å². The zero-order chi connectivity index (χ0) is 11.4. The number of nitro groups is 1. The number of carbonyl (C=O) groups is 1. The molecule has 0 bridgehead atoms. The normalized spacial score (nSPS) is 11.8. The smallest absolute Gasteiger partial charge is 0.351 e. The summed E-state index contributed by atoms with van der Waals surface area (Å²) in [5, 5.41) is 10.3. The van der Waals surface area contributed by atoms with Crippen molar-refractivity contribution < 1.29 is 22.7 Å². The molecular formula is C7H4NO6S-. The minimum absolute atomic E-state index is 0.0789. The number of hydrogen-bond donors (Lipinski definition) is 0. The average molecular weight is 230 g/mol. The summed E-state index contributed by atoms with van der Waals surface area (Å²) in [5.41, 5.74) is -0.278. The number of nitro benzene ring substituents is 1. The van der Waals surface area contributed by atoms with Gasteiger partial charge in [-0.25, -0.2) is 9.00 Å². The van der Waals surface area contributed by atoms with E-state index in [2.05, 4.69) is 4.18 Å². The number of carbonyl (C=O) groups excluding carboxylic acids is 1. The van der Waals surface area contributed by atoms with Gasteiger partial charge in [0.25, 0.3) is 5.69 Å². The maximum absolute atomic E-state index is 11.0. The second kappa shape index (κ2) is 4.62. The highest BCUT2D eigenvalue weighted by Gasteiger charge is 2.10. The Morgan fingerprint density at radius 3 is 2.27 bits per heavy atom. The van der Waals surface area contributed by atoms with Gasteiger partial charge in [-0.1, -0.05) is 0 Å². The maximum Gasteiger partial charge on any atom is 0.351 e. The molecule has 0 aliphatic heterocycles. The van der Waals surface area contributed by atoms with Crippen LogP contribution in [0, 0.1) is 10.1 Å². The molecular weight excluding hydrogens is 226 g/mol. The van der Waals surface area contributed by atoms with Gasteiger partial charge in [0.2, 0.25) is 0 Å². The first-order valence-corrected chi connectivity index (χ1v) is 4.57. The van der Waals surface area contributed by atoms with Gasteiger partial charge in [0, 0.05) is 12.1 Å². The molecule has 1 aromatic rings. The second-order valence-corrected chi connectivity index (χ2v) is 2.95. The number of rotatable bonds is 3. The summed E-state index contributed by atoms with van der Waals surface area (Å²) >= 11 is -2.94. The van der Waals surface area contributed by atoms with Crippen LogP contribution < -0.4 is 0 Å². The van der Waals surface area contributed by atoms with Crippen LogP contribution in [0.2, 0.25) is 0 Å². The van der Waals surface area contributed by atoms with Crippen LogP contribution in [0.4, 0.5) is 5.69 Å². The van der Waals surface area contributed by atoms with E-state index in [1.807, 2.05) is 0 Å². The van der Waals surface area contributed by atoms with E-state index in [0.717, 1.165) is 24.3 Å². The molecule has 0 heterocycles. The van der Waals surface area contributed by atoms with Gasteiger partial charge in [-0.15, -0.1) is 0 Å². The van der Waals surface area contributed by atoms with E-state index in [-0.39, 0.29) is 11.3 Å². The Bertz CT molecular complexity index is 414. The Morgan fingerprint density at radius 2 is 1.87 bits per heavy atom. The van der Waals surface area contributed by atoms with Crippen molar-refractivity contribution in [1.29, 1.82) is 0 Å². The molecule has 1 aromatic carbocycles. The maximum atomic E-state index is 11.0. The Balaban J connectivity index is 2.84. The van der Waals surface area contributed by atoms with Crippen LogP contribution in [0.15, 0.2) is 24.3 Å². The fourth-order valence-corrected chi connectivity index (χ4v) is 1.05. The Labute approximate surface area is 86.3 Å². The predicted molar refractivity (Wildman–Crippen MR) is 47.4 cm³/mol. The number of nitrogens with zero attached hydrogens (tertiary/aromatic N) is 1. The SMILES string of the molecule is O=C(OS(=O)[O-])c1ccc([N+](=O)[O-])cc1. The van der Waals surface area contributed by atoms with Gasteiger partial charge in [0.1, 0.15) is 11.4 Å². The van der Waals surface area contributed by atoms with Gasteiger partial charge in [0.15, 0.2) is 0 Å². The summed E-state index contributed by atoms with van der Waals surface area (Å²) < 4.78 is 23.9. The van der Waals surface area contributed by atoms with Crippen molar-refractivity contribution in [2.24, 2.45) is 0 Å². The van der Waals surface area contributed by atoms with E-state index < -0.39 is 22.3 Å². The van der Waals surface area contributed by atoms with Crippen molar-refractivity contribution in [2.45, 2.75) is 0 Å². The van der Waals surface area contributed by atoms with Crippen LogP contribution in [-0.4, -0.2) is 19.7 Å². The van der Waals surface area contributed by atoms with E-state index in [0.29, 0.717) is 0 Å². The van der Waals surface area contributed by atoms with Crippen molar-refractivity contribution >= 4 is 23.0 Å². The molecule has 80 valence electrons. The summed E-state index contributed by atoms with van der Waals surface area (Å²) in [6, 6.07) is 4.36. The minimum atomic E-state index is -2.94. The predicted octanol–water partition coefficient (Wildman–Crippen LogP) is 0.546. The lowest BCUT2D eigenvalue weighted by atomic mass is 10.2. The van der Waals surface area contributed by atoms with Crippen LogP contribution in [0.1, 0.15) is 10.4 Å². The molecule has 0 saturated heterocycles. The third-order valence-electron chi connectivity index (χ3n) is 1.46. The van der Waals surface area contributed by atoms with Crippen LogP contribution in [0.25, 0.3) is 0 Å². The highest BCUT2D eigenvalue weighted by molar-refractivity contribution is 7.74. The van der Waals surface area contributed by atoms with Crippen molar-refractivity contribution in [3.05, 3.63) is 39.9 Å². The Hall–Kier alpha value is -1.80. The van der Waals surface area contributed by atoms with E-state index >= 15 is 0 Å². The van der Waals surface area contributed by atoms with E-state index in [1.54, 1.807) is 0 Å². The van der Waals surface area contributed by atoms with Gasteiger partial charge in [-0.05, 0) is 12.1 Å². The van der Waals surface area contributed by atoms with Crippen LogP contribution in [0.3, 0.4) is 0 Å². The monoisotopic (exact) mass is 230 g/mol. The molecule has 0 saturated carbocycles. The van der Waals surface area contributed by atoms with Gasteiger partial charge in [0.05, 0.1) is 10.5 Å². The molecule has 0 N–H and O–H groups in total. The third kappa shape index (κ3) is 3.11. The molecule has 0 spiro atoms. The molecule has 0 aliphatic rings. The van der Waals surface area contributed by atoms with Gasteiger partial charge in [-0.3, -0.25) is 10.1 Å². The fourth-order valence-electron chi connectivity index (χ4n) is 0.829. The zero-order valence-electron chi connectivity index (χ0n) is 7.11. The summed E-state index contributed by atoms with van der Waals surface area (Å²) in [5.74, 6) is -1.08. The Kier molecular flexibility index (Phi) is 3.47. The quantitative estimate of drug-likeness (QED) is 0.426. The summed E-state index contributed by atoms with van der Waals surface area (Å²) in [7, 11) is 0. The van der Waals surface area contributed by atoms with Crippen molar-refractivity contribution in [3.8, 4) is 0 Å². The summed E-state index contributed by atoms with van der Waals surface area (Å²) in [4.78, 5) is 20.6. The lowest BCUT2D eigenvalue weighted by molar-refractivity contribution is -0.384. The number of non-ortho nitro benzene ring substituents is 1. The number of hydrogen-bond acceptors (Lipinski definition) is 6. The molecule has 8 heteroatoms. The Morgan fingerprint density at radius 1 is 1.33 bits per heavy atom. The van der Waals surface area contributed by atoms with E-state index in [1.165, 1.54) is 0 Å². The lowest BCUT2D eigenvalue weighted by Crippen LogP contribution is -2.06. The van der Waals surface area contributed by atoms with Crippen molar-refractivity contribution in [2.75, 3.05) is 0 Å². The second-order valence-electron chi connectivity index (χ2n) is 2.38. The third-order valence-corrected chi connectivity index (χ3v) is 1.75. The number of benzene rings is 1. The highest BCUT2D eigenvalue weighted by atomic mass is 32.2. The van der Waals surface area contributed by atoms with Crippen molar-refractivity contribution in [3.63, 3.8) is 0 Å². The summed E-state index contributed by atoms with van der Waals surface area (Å²) in [6.07, 6.45) is 0. The van der Waals surface area contributed by atoms with E-state index in [4.69, 9.17) is 0 Å². The average Bonchev–Trinajstić information content (AvgIpc) is 2.17.